The number of benzene rings is 1. The summed E-state index contributed by atoms with van der Waals surface area (Å²) in [6, 6.07) is 7.43. The van der Waals surface area contributed by atoms with Gasteiger partial charge in [-0.15, -0.1) is 0 Å². The zero-order valence-electron chi connectivity index (χ0n) is 11.0. The van der Waals surface area contributed by atoms with Crippen molar-refractivity contribution >= 4 is 21.6 Å². The topological polar surface area (TPSA) is 15.3 Å². The van der Waals surface area contributed by atoms with Crippen LogP contribution in [0.2, 0.25) is 0 Å². The number of hydrogen-bond donors (Lipinski definition) is 1. The van der Waals surface area contributed by atoms with Gasteiger partial charge in [-0.1, -0.05) is 22.0 Å². The smallest absolute Gasteiger partial charge is 0.0407 e. The molecule has 0 bridgehead atoms. The average molecular weight is 309 g/mol. The van der Waals surface area contributed by atoms with Crippen LogP contribution in [0.15, 0.2) is 22.7 Å². The Morgan fingerprint density at radius 3 is 2.94 bits per heavy atom. The van der Waals surface area contributed by atoms with E-state index in [0.717, 1.165) is 12.0 Å². The zero-order chi connectivity index (χ0) is 12.5. The van der Waals surface area contributed by atoms with Gasteiger partial charge < -0.3 is 10.2 Å². The Morgan fingerprint density at radius 2 is 2.17 bits per heavy atom. The maximum atomic E-state index is 3.66. The highest BCUT2D eigenvalue weighted by atomic mass is 79.9. The van der Waals surface area contributed by atoms with E-state index < -0.39 is 0 Å². The fourth-order valence-corrected chi connectivity index (χ4v) is 3.11. The van der Waals surface area contributed by atoms with Crippen molar-refractivity contribution in [2.75, 3.05) is 24.5 Å². The van der Waals surface area contributed by atoms with E-state index in [1.54, 1.807) is 0 Å². The van der Waals surface area contributed by atoms with Crippen LogP contribution in [-0.2, 0) is 0 Å². The molecule has 2 fully saturated rings. The van der Waals surface area contributed by atoms with Gasteiger partial charge in [0.05, 0.1) is 0 Å². The minimum Gasteiger partial charge on any atom is -0.371 e. The van der Waals surface area contributed by atoms with Crippen LogP contribution in [0.25, 0.3) is 0 Å². The third kappa shape index (κ3) is 2.89. The second kappa shape index (κ2) is 5.22. The van der Waals surface area contributed by atoms with Crippen molar-refractivity contribution in [1.82, 2.24) is 5.32 Å². The summed E-state index contributed by atoms with van der Waals surface area (Å²) in [5.41, 5.74) is 2.78. The molecule has 1 aliphatic carbocycles. The Bertz CT molecular complexity index is 429. The minimum atomic E-state index is 0.823. The first-order valence-corrected chi connectivity index (χ1v) is 7.76. The average Bonchev–Trinajstić information content (AvgIpc) is 3.08. The summed E-state index contributed by atoms with van der Waals surface area (Å²) in [6.45, 7) is 5.82. The maximum absolute atomic E-state index is 3.66. The van der Waals surface area contributed by atoms with Crippen LogP contribution in [0, 0.1) is 12.8 Å². The summed E-state index contributed by atoms with van der Waals surface area (Å²) in [4.78, 5) is 2.54. The highest BCUT2D eigenvalue weighted by Crippen LogP contribution is 2.29. The second-order valence-corrected chi connectivity index (χ2v) is 6.63. The van der Waals surface area contributed by atoms with Gasteiger partial charge >= 0.3 is 0 Å². The summed E-state index contributed by atoms with van der Waals surface area (Å²) in [6.07, 6.45) is 4.11. The molecule has 1 saturated carbocycles. The van der Waals surface area contributed by atoms with E-state index in [4.69, 9.17) is 0 Å². The molecule has 3 rings (SSSR count). The number of nitrogens with zero attached hydrogens (tertiary/aromatic N) is 1. The van der Waals surface area contributed by atoms with E-state index in [-0.39, 0.29) is 0 Å². The summed E-state index contributed by atoms with van der Waals surface area (Å²) >= 11 is 3.58. The Labute approximate surface area is 118 Å². The Morgan fingerprint density at radius 1 is 1.33 bits per heavy atom. The molecule has 1 aromatic rings. The van der Waals surface area contributed by atoms with E-state index in [9.17, 15) is 0 Å². The molecule has 3 heteroatoms. The molecule has 1 aromatic carbocycles. The van der Waals surface area contributed by atoms with Gasteiger partial charge in [0.15, 0.2) is 0 Å². The lowest BCUT2D eigenvalue weighted by Crippen LogP contribution is -2.27. The van der Waals surface area contributed by atoms with Crippen molar-refractivity contribution in [2.24, 2.45) is 5.92 Å². The standard InChI is InChI=1S/C15H21BrN2/c1-11-2-3-13(16)8-15(11)18-7-6-12(10-18)9-17-14-4-5-14/h2-3,8,12,14,17H,4-7,9-10H2,1H3. The summed E-state index contributed by atoms with van der Waals surface area (Å²) in [7, 11) is 0. The first kappa shape index (κ1) is 12.5. The largest absolute Gasteiger partial charge is 0.371 e. The van der Waals surface area contributed by atoms with E-state index >= 15 is 0 Å². The van der Waals surface area contributed by atoms with Crippen LogP contribution >= 0.6 is 15.9 Å². The van der Waals surface area contributed by atoms with Crippen molar-refractivity contribution in [3.8, 4) is 0 Å². The summed E-state index contributed by atoms with van der Waals surface area (Å²) in [5.74, 6) is 0.823. The Balaban J connectivity index is 1.61. The van der Waals surface area contributed by atoms with Crippen LogP contribution in [-0.4, -0.2) is 25.7 Å². The summed E-state index contributed by atoms with van der Waals surface area (Å²) in [5, 5.41) is 3.66. The van der Waals surface area contributed by atoms with E-state index in [0.29, 0.717) is 0 Å². The molecule has 1 saturated heterocycles. The fourth-order valence-electron chi connectivity index (χ4n) is 2.76. The normalized spacial score (nSPS) is 23.7. The fraction of sp³-hybridized carbons (Fsp3) is 0.600. The highest BCUT2D eigenvalue weighted by Gasteiger charge is 2.26. The first-order valence-electron chi connectivity index (χ1n) is 6.97. The number of nitrogens with one attached hydrogen (secondary N) is 1. The van der Waals surface area contributed by atoms with Crippen LogP contribution in [0.4, 0.5) is 5.69 Å². The van der Waals surface area contributed by atoms with Gasteiger partial charge in [0.1, 0.15) is 0 Å². The molecule has 0 radical (unpaired) electrons. The quantitative estimate of drug-likeness (QED) is 0.918. The molecule has 2 nitrogen and oxygen atoms in total. The lowest BCUT2D eigenvalue weighted by atomic mass is 10.1. The van der Waals surface area contributed by atoms with Crippen LogP contribution in [0.5, 0.6) is 0 Å². The molecule has 18 heavy (non-hydrogen) atoms. The number of aryl methyl sites for hydroxylation is 1. The Kier molecular flexibility index (Phi) is 3.62. The van der Waals surface area contributed by atoms with Crippen molar-refractivity contribution in [1.29, 1.82) is 0 Å². The van der Waals surface area contributed by atoms with Gasteiger partial charge in [-0.3, -0.25) is 0 Å². The van der Waals surface area contributed by atoms with Gasteiger partial charge in [-0.2, -0.15) is 0 Å². The van der Waals surface area contributed by atoms with Crippen LogP contribution in [0.1, 0.15) is 24.8 Å². The van der Waals surface area contributed by atoms with Gasteiger partial charge in [0, 0.05) is 29.3 Å². The van der Waals surface area contributed by atoms with E-state index in [1.807, 2.05) is 0 Å². The van der Waals surface area contributed by atoms with Crippen molar-refractivity contribution < 1.29 is 0 Å². The monoisotopic (exact) mass is 308 g/mol. The molecule has 1 aliphatic heterocycles. The molecule has 1 N–H and O–H groups in total. The van der Waals surface area contributed by atoms with Crippen molar-refractivity contribution in [3.63, 3.8) is 0 Å². The van der Waals surface area contributed by atoms with Gasteiger partial charge in [0.25, 0.3) is 0 Å². The number of anilines is 1. The molecular weight excluding hydrogens is 288 g/mol. The van der Waals surface area contributed by atoms with Crippen molar-refractivity contribution in [3.05, 3.63) is 28.2 Å². The molecule has 0 amide bonds. The molecule has 1 heterocycles. The number of halogens is 1. The van der Waals surface area contributed by atoms with Crippen molar-refractivity contribution in [2.45, 2.75) is 32.2 Å². The van der Waals surface area contributed by atoms with E-state index in [1.165, 1.54) is 54.6 Å². The summed E-state index contributed by atoms with van der Waals surface area (Å²) < 4.78 is 1.18. The predicted molar refractivity (Wildman–Crippen MR) is 80.2 cm³/mol. The lowest BCUT2D eigenvalue weighted by Gasteiger charge is -2.21. The molecule has 98 valence electrons. The number of hydrogen-bond acceptors (Lipinski definition) is 2. The third-order valence-corrected chi connectivity index (χ3v) is 4.56. The molecular formula is C15H21BrN2. The zero-order valence-corrected chi connectivity index (χ0v) is 12.5. The molecule has 0 aromatic heterocycles. The third-order valence-electron chi connectivity index (χ3n) is 4.07. The maximum Gasteiger partial charge on any atom is 0.0407 e. The Hall–Kier alpha value is -0.540. The highest BCUT2D eigenvalue weighted by molar-refractivity contribution is 9.10. The van der Waals surface area contributed by atoms with Gasteiger partial charge in [-0.05, 0) is 56.3 Å². The van der Waals surface area contributed by atoms with Gasteiger partial charge in [0.2, 0.25) is 0 Å². The molecule has 1 unspecified atom stereocenters. The first-order chi connectivity index (χ1) is 8.72. The molecule has 0 spiro atoms. The predicted octanol–water partition coefficient (Wildman–Crippen LogP) is 3.34. The molecule has 1 atom stereocenters. The number of rotatable bonds is 4. The van der Waals surface area contributed by atoms with Gasteiger partial charge in [-0.25, -0.2) is 0 Å². The second-order valence-electron chi connectivity index (χ2n) is 5.71. The minimum absolute atomic E-state index is 0.823. The van der Waals surface area contributed by atoms with Crippen LogP contribution < -0.4 is 10.2 Å². The SMILES string of the molecule is Cc1ccc(Br)cc1N1CCC(CNC2CC2)C1. The van der Waals surface area contributed by atoms with Crippen LogP contribution in [0.3, 0.4) is 0 Å². The molecule has 2 aliphatic rings. The van der Waals surface area contributed by atoms with E-state index in [2.05, 4.69) is 51.3 Å². The lowest BCUT2D eigenvalue weighted by molar-refractivity contribution is 0.515.